The van der Waals surface area contributed by atoms with Gasteiger partial charge < -0.3 is 15.4 Å². The number of rotatable bonds is 5. The predicted octanol–water partition coefficient (Wildman–Crippen LogP) is 4.35. The molecule has 0 radical (unpaired) electrons. The molecule has 1 aliphatic rings. The van der Waals surface area contributed by atoms with Gasteiger partial charge in [-0.15, -0.1) is 11.3 Å². The molecule has 1 fully saturated rings. The van der Waals surface area contributed by atoms with Crippen molar-refractivity contribution >= 4 is 28.2 Å². The number of nitrogens with zero attached hydrogens (tertiary/aromatic N) is 3. The highest BCUT2D eigenvalue weighted by Gasteiger charge is 2.18. The lowest BCUT2D eigenvalue weighted by atomic mass is 10.1. The first-order valence-corrected chi connectivity index (χ1v) is 10.6. The molecule has 4 heterocycles. The van der Waals surface area contributed by atoms with Crippen LogP contribution in [0.4, 0.5) is 5.82 Å². The van der Waals surface area contributed by atoms with Crippen LogP contribution in [0.25, 0.3) is 21.6 Å². The fraction of sp³-hybridized carbons (Fsp3) is 0.286. The maximum absolute atomic E-state index is 6.20. The van der Waals surface area contributed by atoms with E-state index >= 15 is 0 Å². The normalized spacial score (nSPS) is 16.8. The fourth-order valence-electron chi connectivity index (χ4n) is 3.56. The molecule has 5 rings (SSSR count). The SMILES string of the molecule is Cc1cnc(-c2ccc(Oc3ccnc4[nH]nc(N[C@@H]5CCCNC5)c34)cc2)s1. The largest absolute Gasteiger partial charge is 0.456 e. The molecule has 0 aliphatic carbocycles. The third kappa shape index (κ3) is 3.81. The third-order valence-corrected chi connectivity index (χ3v) is 5.97. The lowest BCUT2D eigenvalue weighted by Crippen LogP contribution is -2.38. The summed E-state index contributed by atoms with van der Waals surface area (Å²) in [5.41, 5.74) is 1.80. The molecule has 0 saturated carbocycles. The number of benzene rings is 1. The van der Waals surface area contributed by atoms with Gasteiger partial charge in [-0.25, -0.2) is 9.97 Å². The first kappa shape index (κ1) is 18.1. The number of aromatic nitrogens is 4. The van der Waals surface area contributed by atoms with Crippen molar-refractivity contribution in [2.24, 2.45) is 0 Å². The molecule has 1 atom stereocenters. The van der Waals surface area contributed by atoms with Gasteiger partial charge in [-0.05, 0) is 50.6 Å². The van der Waals surface area contributed by atoms with Gasteiger partial charge in [-0.1, -0.05) is 0 Å². The van der Waals surface area contributed by atoms with Crippen molar-refractivity contribution < 1.29 is 4.74 Å². The van der Waals surface area contributed by atoms with Crippen molar-refractivity contribution in [3.05, 3.63) is 47.6 Å². The minimum atomic E-state index is 0.351. The van der Waals surface area contributed by atoms with E-state index in [2.05, 4.69) is 37.7 Å². The number of piperidine rings is 1. The average molecular weight is 407 g/mol. The highest BCUT2D eigenvalue weighted by Crippen LogP contribution is 2.34. The molecule has 8 heteroatoms. The lowest BCUT2D eigenvalue weighted by Gasteiger charge is -2.23. The second-order valence-electron chi connectivity index (χ2n) is 7.20. The number of aryl methyl sites for hydroxylation is 1. The second-order valence-corrected chi connectivity index (χ2v) is 8.43. The van der Waals surface area contributed by atoms with Crippen LogP contribution in [0, 0.1) is 6.92 Å². The summed E-state index contributed by atoms with van der Waals surface area (Å²) in [5, 5.41) is 16.3. The molecule has 0 unspecified atom stereocenters. The molecule has 7 nitrogen and oxygen atoms in total. The van der Waals surface area contributed by atoms with E-state index in [1.165, 1.54) is 4.88 Å². The van der Waals surface area contributed by atoms with Crippen LogP contribution in [0.3, 0.4) is 0 Å². The Morgan fingerprint density at radius 2 is 2.07 bits per heavy atom. The maximum Gasteiger partial charge on any atom is 0.161 e. The first-order valence-electron chi connectivity index (χ1n) is 9.77. The highest BCUT2D eigenvalue weighted by molar-refractivity contribution is 7.14. The topological polar surface area (TPSA) is 87.8 Å². The van der Waals surface area contributed by atoms with E-state index in [1.54, 1.807) is 17.5 Å². The summed E-state index contributed by atoms with van der Waals surface area (Å²) in [6, 6.07) is 10.2. The fourth-order valence-corrected chi connectivity index (χ4v) is 4.33. The summed E-state index contributed by atoms with van der Waals surface area (Å²) in [6.45, 7) is 4.07. The number of aromatic amines is 1. The number of ether oxygens (including phenoxy) is 1. The average Bonchev–Trinajstić information content (AvgIpc) is 3.37. The summed E-state index contributed by atoms with van der Waals surface area (Å²) in [4.78, 5) is 10.0. The van der Waals surface area contributed by atoms with E-state index in [1.807, 2.05) is 36.5 Å². The van der Waals surface area contributed by atoms with Crippen LogP contribution in [0.5, 0.6) is 11.5 Å². The molecular weight excluding hydrogens is 384 g/mol. The Kier molecular flexibility index (Phi) is 4.87. The molecule has 3 aromatic heterocycles. The zero-order chi connectivity index (χ0) is 19.6. The van der Waals surface area contributed by atoms with Crippen LogP contribution < -0.4 is 15.4 Å². The molecule has 4 aromatic rings. The van der Waals surface area contributed by atoms with Gasteiger partial charge in [0.1, 0.15) is 21.9 Å². The number of anilines is 1. The molecule has 0 bridgehead atoms. The van der Waals surface area contributed by atoms with E-state index in [9.17, 15) is 0 Å². The van der Waals surface area contributed by atoms with E-state index in [0.29, 0.717) is 11.7 Å². The maximum atomic E-state index is 6.20. The van der Waals surface area contributed by atoms with Gasteiger partial charge in [0, 0.05) is 41.5 Å². The van der Waals surface area contributed by atoms with E-state index < -0.39 is 0 Å². The number of fused-ring (bicyclic) bond motifs is 1. The zero-order valence-electron chi connectivity index (χ0n) is 16.1. The minimum Gasteiger partial charge on any atom is -0.456 e. The Hall–Kier alpha value is -2.97. The molecule has 1 aromatic carbocycles. The van der Waals surface area contributed by atoms with Gasteiger partial charge >= 0.3 is 0 Å². The van der Waals surface area contributed by atoms with Crippen molar-refractivity contribution in [1.82, 2.24) is 25.5 Å². The van der Waals surface area contributed by atoms with Crippen LogP contribution in [-0.2, 0) is 0 Å². The minimum absolute atomic E-state index is 0.351. The lowest BCUT2D eigenvalue weighted by molar-refractivity contribution is 0.478. The van der Waals surface area contributed by atoms with Crippen molar-refractivity contribution in [3.63, 3.8) is 0 Å². The van der Waals surface area contributed by atoms with Gasteiger partial charge in [-0.2, -0.15) is 5.10 Å². The molecule has 29 heavy (non-hydrogen) atoms. The number of nitrogens with one attached hydrogen (secondary N) is 3. The number of hydrogen-bond acceptors (Lipinski definition) is 7. The molecule has 1 aliphatic heterocycles. The monoisotopic (exact) mass is 406 g/mol. The summed E-state index contributed by atoms with van der Waals surface area (Å²) >= 11 is 1.69. The van der Waals surface area contributed by atoms with E-state index in [0.717, 1.165) is 59.2 Å². The van der Waals surface area contributed by atoms with Gasteiger partial charge in [-0.3, -0.25) is 5.10 Å². The number of thiazole rings is 1. The first-order chi connectivity index (χ1) is 14.3. The van der Waals surface area contributed by atoms with Crippen LogP contribution in [0.1, 0.15) is 17.7 Å². The number of hydrogen-bond donors (Lipinski definition) is 3. The molecular formula is C21H22N6OS. The molecule has 0 amide bonds. The predicted molar refractivity (Wildman–Crippen MR) is 116 cm³/mol. The standard InChI is InChI=1S/C21H22N6OS/c1-13-11-24-21(29-13)14-4-6-16(7-5-14)28-17-8-10-23-19-18(17)20(27-26-19)25-15-3-2-9-22-12-15/h4-8,10-11,15,22H,2-3,9,12H2,1H3,(H2,23,25,26,27)/t15-/m1/s1. The summed E-state index contributed by atoms with van der Waals surface area (Å²) in [7, 11) is 0. The van der Waals surface area contributed by atoms with Crippen LogP contribution in [0.2, 0.25) is 0 Å². The van der Waals surface area contributed by atoms with E-state index in [4.69, 9.17) is 4.74 Å². The van der Waals surface area contributed by atoms with Crippen molar-refractivity contribution in [3.8, 4) is 22.1 Å². The summed E-state index contributed by atoms with van der Waals surface area (Å²) in [5.74, 6) is 2.28. The van der Waals surface area contributed by atoms with Gasteiger partial charge in [0.05, 0.1) is 0 Å². The number of H-pyrrole nitrogens is 1. The third-order valence-electron chi connectivity index (χ3n) is 5.01. The van der Waals surface area contributed by atoms with Crippen LogP contribution in [0.15, 0.2) is 42.7 Å². The van der Waals surface area contributed by atoms with Crippen molar-refractivity contribution in [2.45, 2.75) is 25.8 Å². The molecule has 1 saturated heterocycles. The molecule has 0 spiro atoms. The number of pyridine rings is 1. The van der Waals surface area contributed by atoms with Gasteiger partial charge in [0.2, 0.25) is 0 Å². The second kappa shape index (κ2) is 7.81. The Labute approximate surface area is 172 Å². The van der Waals surface area contributed by atoms with Gasteiger partial charge in [0.25, 0.3) is 0 Å². The van der Waals surface area contributed by atoms with Crippen molar-refractivity contribution in [2.75, 3.05) is 18.4 Å². The van der Waals surface area contributed by atoms with Crippen LogP contribution in [-0.4, -0.2) is 39.3 Å². The van der Waals surface area contributed by atoms with Crippen LogP contribution >= 0.6 is 11.3 Å². The summed E-state index contributed by atoms with van der Waals surface area (Å²) < 4.78 is 6.20. The van der Waals surface area contributed by atoms with Gasteiger partial charge in [0.15, 0.2) is 11.5 Å². The zero-order valence-corrected chi connectivity index (χ0v) is 16.9. The quantitative estimate of drug-likeness (QED) is 0.457. The highest BCUT2D eigenvalue weighted by atomic mass is 32.1. The Balaban J connectivity index is 1.40. The Morgan fingerprint density at radius 3 is 2.83 bits per heavy atom. The Bertz CT molecular complexity index is 1110. The van der Waals surface area contributed by atoms with E-state index in [-0.39, 0.29) is 0 Å². The Morgan fingerprint density at radius 1 is 1.17 bits per heavy atom. The summed E-state index contributed by atoms with van der Waals surface area (Å²) in [6.07, 6.45) is 5.91. The molecule has 3 N–H and O–H groups in total. The molecule has 148 valence electrons. The smallest absolute Gasteiger partial charge is 0.161 e. The van der Waals surface area contributed by atoms with Crippen molar-refractivity contribution in [1.29, 1.82) is 0 Å².